The molecule has 0 aliphatic heterocycles. The van der Waals surface area contributed by atoms with Crippen molar-refractivity contribution in [2.75, 3.05) is 0 Å². The first kappa shape index (κ1) is 10.5. The van der Waals surface area contributed by atoms with Crippen molar-refractivity contribution in [1.29, 1.82) is 0 Å². The van der Waals surface area contributed by atoms with Gasteiger partial charge in [-0.15, -0.1) is 11.3 Å². The van der Waals surface area contributed by atoms with Gasteiger partial charge in [0.25, 0.3) is 0 Å². The van der Waals surface area contributed by atoms with Crippen LogP contribution >= 0.6 is 22.9 Å². The molecule has 2 aromatic rings. The highest BCUT2D eigenvalue weighted by molar-refractivity contribution is 7.15. The van der Waals surface area contributed by atoms with Gasteiger partial charge in [-0.05, 0) is 19.1 Å². The van der Waals surface area contributed by atoms with Crippen molar-refractivity contribution >= 4 is 22.9 Å². The molecule has 2 heterocycles. The van der Waals surface area contributed by atoms with E-state index < -0.39 is 0 Å². The van der Waals surface area contributed by atoms with Crippen molar-refractivity contribution in [3.63, 3.8) is 0 Å². The Morgan fingerprint density at radius 2 is 2.27 bits per heavy atom. The van der Waals surface area contributed by atoms with E-state index in [0.29, 0.717) is 11.6 Å². The molecule has 0 amide bonds. The van der Waals surface area contributed by atoms with E-state index in [1.54, 1.807) is 17.5 Å². The average Bonchev–Trinajstić information content (AvgIpc) is 2.61. The summed E-state index contributed by atoms with van der Waals surface area (Å²) in [5.41, 5.74) is 7.42. The molecule has 0 aromatic carbocycles. The topological polar surface area (TPSA) is 51.8 Å². The van der Waals surface area contributed by atoms with E-state index in [9.17, 15) is 0 Å². The van der Waals surface area contributed by atoms with Crippen molar-refractivity contribution in [2.45, 2.75) is 13.5 Å². The third kappa shape index (κ3) is 2.17. The molecular weight excluding hydrogens is 230 g/mol. The van der Waals surface area contributed by atoms with Crippen molar-refractivity contribution in [3.05, 3.63) is 33.9 Å². The van der Waals surface area contributed by atoms with Crippen LogP contribution in [-0.4, -0.2) is 9.97 Å². The Balaban J connectivity index is 2.41. The molecule has 2 aromatic heterocycles. The highest BCUT2D eigenvalue weighted by atomic mass is 35.5. The van der Waals surface area contributed by atoms with E-state index >= 15 is 0 Å². The molecule has 0 aliphatic rings. The van der Waals surface area contributed by atoms with Crippen LogP contribution in [0.4, 0.5) is 0 Å². The van der Waals surface area contributed by atoms with Gasteiger partial charge in [0.1, 0.15) is 5.01 Å². The Labute approximate surface area is 96.9 Å². The van der Waals surface area contributed by atoms with Crippen molar-refractivity contribution in [3.8, 4) is 10.7 Å². The van der Waals surface area contributed by atoms with Gasteiger partial charge >= 0.3 is 0 Å². The van der Waals surface area contributed by atoms with Crippen LogP contribution < -0.4 is 5.73 Å². The van der Waals surface area contributed by atoms with Crippen LogP contribution in [0.1, 0.15) is 10.6 Å². The van der Waals surface area contributed by atoms with Gasteiger partial charge in [-0.1, -0.05) is 11.6 Å². The number of thiazole rings is 1. The van der Waals surface area contributed by atoms with Crippen LogP contribution in [0.2, 0.25) is 5.02 Å². The molecular formula is C10H10ClN3S. The second kappa shape index (κ2) is 4.26. The van der Waals surface area contributed by atoms with Gasteiger partial charge in [-0.2, -0.15) is 0 Å². The van der Waals surface area contributed by atoms with E-state index in [1.807, 2.05) is 19.1 Å². The lowest BCUT2D eigenvalue weighted by molar-refractivity contribution is 1.06. The Hall–Kier alpha value is -0.970. The summed E-state index contributed by atoms with van der Waals surface area (Å²) in [4.78, 5) is 9.73. The third-order valence-electron chi connectivity index (χ3n) is 2.02. The van der Waals surface area contributed by atoms with Gasteiger partial charge in [0.2, 0.25) is 0 Å². The maximum Gasteiger partial charge on any atom is 0.142 e. The van der Waals surface area contributed by atoms with Gasteiger partial charge in [-0.25, -0.2) is 4.98 Å². The van der Waals surface area contributed by atoms with Crippen LogP contribution in [0, 0.1) is 6.92 Å². The first-order valence-electron chi connectivity index (χ1n) is 4.49. The largest absolute Gasteiger partial charge is 0.326 e. The monoisotopic (exact) mass is 239 g/mol. The van der Waals surface area contributed by atoms with Gasteiger partial charge < -0.3 is 5.73 Å². The van der Waals surface area contributed by atoms with Crippen LogP contribution in [0.25, 0.3) is 10.7 Å². The molecule has 15 heavy (non-hydrogen) atoms. The highest BCUT2D eigenvalue weighted by Crippen LogP contribution is 2.26. The normalized spacial score (nSPS) is 10.6. The second-order valence-electron chi connectivity index (χ2n) is 3.09. The third-order valence-corrected chi connectivity index (χ3v) is 3.45. The molecule has 78 valence electrons. The van der Waals surface area contributed by atoms with Crippen LogP contribution in [0.3, 0.4) is 0 Å². The number of pyridine rings is 1. The molecule has 0 atom stereocenters. The van der Waals surface area contributed by atoms with E-state index in [0.717, 1.165) is 21.3 Å². The van der Waals surface area contributed by atoms with Gasteiger partial charge in [0.05, 0.1) is 16.4 Å². The van der Waals surface area contributed by atoms with Crippen molar-refractivity contribution < 1.29 is 0 Å². The van der Waals surface area contributed by atoms with Gasteiger partial charge in [0, 0.05) is 17.6 Å². The van der Waals surface area contributed by atoms with E-state index in [1.165, 1.54) is 0 Å². The van der Waals surface area contributed by atoms with E-state index in [4.69, 9.17) is 17.3 Å². The number of halogens is 1. The van der Waals surface area contributed by atoms with Crippen molar-refractivity contribution in [1.82, 2.24) is 9.97 Å². The number of rotatable bonds is 2. The molecule has 3 nitrogen and oxygen atoms in total. The van der Waals surface area contributed by atoms with Gasteiger partial charge in [-0.3, -0.25) is 4.98 Å². The summed E-state index contributed by atoms with van der Waals surface area (Å²) in [7, 11) is 0. The lowest BCUT2D eigenvalue weighted by Gasteiger charge is -1.94. The lowest BCUT2D eigenvalue weighted by atomic mass is 10.3. The number of nitrogens with two attached hydrogens (primary N) is 1. The predicted molar refractivity (Wildman–Crippen MR) is 63.0 cm³/mol. The fraction of sp³-hybridized carbons (Fsp3) is 0.200. The van der Waals surface area contributed by atoms with E-state index in [2.05, 4.69) is 9.97 Å². The zero-order chi connectivity index (χ0) is 10.8. The van der Waals surface area contributed by atoms with Gasteiger partial charge in [0.15, 0.2) is 0 Å². The quantitative estimate of drug-likeness (QED) is 0.877. The molecule has 5 heteroatoms. The SMILES string of the molecule is Cc1nc(-c2ccc(Cl)cn2)sc1CN. The summed E-state index contributed by atoms with van der Waals surface area (Å²) in [5, 5.41) is 1.52. The van der Waals surface area contributed by atoms with Crippen LogP contribution in [0.5, 0.6) is 0 Å². The molecule has 0 saturated heterocycles. The predicted octanol–water partition coefficient (Wildman–Crippen LogP) is 2.63. The summed E-state index contributed by atoms with van der Waals surface area (Å²) in [6.07, 6.45) is 1.62. The molecule has 2 rings (SSSR count). The summed E-state index contributed by atoms with van der Waals surface area (Å²) in [5.74, 6) is 0. The first-order chi connectivity index (χ1) is 7.20. The standard InChI is InChI=1S/C10H10ClN3S/c1-6-9(4-12)15-10(14-6)8-3-2-7(11)5-13-8/h2-3,5H,4,12H2,1H3. The first-order valence-corrected chi connectivity index (χ1v) is 5.68. The number of hydrogen-bond acceptors (Lipinski definition) is 4. The Bertz CT molecular complexity index is 464. The lowest BCUT2D eigenvalue weighted by Crippen LogP contribution is -1.94. The molecule has 0 aliphatic carbocycles. The van der Waals surface area contributed by atoms with E-state index in [-0.39, 0.29) is 0 Å². The number of nitrogens with zero attached hydrogens (tertiary/aromatic N) is 2. The number of hydrogen-bond donors (Lipinski definition) is 1. The number of aromatic nitrogens is 2. The molecule has 0 spiro atoms. The summed E-state index contributed by atoms with van der Waals surface area (Å²) < 4.78 is 0. The molecule has 0 saturated carbocycles. The molecule has 0 unspecified atom stereocenters. The maximum absolute atomic E-state index is 5.76. The number of aryl methyl sites for hydroxylation is 1. The Morgan fingerprint density at radius 1 is 1.47 bits per heavy atom. The summed E-state index contributed by atoms with van der Waals surface area (Å²) >= 11 is 7.34. The maximum atomic E-state index is 5.76. The van der Waals surface area contributed by atoms with Crippen LogP contribution in [-0.2, 0) is 6.54 Å². The average molecular weight is 240 g/mol. The highest BCUT2D eigenvalue weighted by Gasteiger charge is 2.08. The molecule has 0 bridgehead atoms. The smallest absolute Gasteiger partial charge is 0.142 e. The van der Waals surface area contributed by atoms with Crippen molar-refractivity contribution in [2.24, 2.45) is 5.73 Å². The summed E-state index contributed by atoms with van der Waals surface area (Å²) in [6, 6.07) is 3.67. The molecule has 0 fully saturated rings. The fourth-order valence-electron chi connectivity index (χ4n) is 1.23. The molecule has 0 radical (unpaired) electrons. The van der Waals surface area contributed by atoms with Crippen LogP contribution in [0.15, 0.2) is 18.3 Å². The minimum Gasteiger partial charge on any atom is -0.326 e. The Kier molecular flexibility index (Phi) is 3.00. The minimum absolute atomic E-state index is 0.525. The second-order valence-corrected chi connectivity index (χ2v) is 4.61. The zero-order valence-electron chi connectivity index (χ0n) is 8.20. The zero-order valence-corrected chi connectivity index (χ0v) is 9.77. The molecule has 2 N–H and O–H groups in total. The summed E-state index contributed by atoms with van der Waals surface area (Å²) in [6.45, 7) is 2.48. The fourth-order valence-corrected chi connectivity index (χ4v) is 2.26. The Morgan fingerprint density at radius 3 is 2.80 bits per heavy atom. The minimum atomic E-state index is 0.525.